The molecule has 134 valence electrons. The monoisotopic (exact) mass is 414 g/mol. The highest BCUT2D eigenvalue weighted by Crippen LogP contribution is 2.19. The SMILES string of the molecule is O=C(CBr)N[C@@H](Cc1c[nH]c2ccccc12)C(=O)OCc1ccccc1. The van der Waals surface area contributed by atoms with Gasteiger partial charge in [0.1, 0.15) is 12.6 Å². The van der Waals surface area contributed by atoms with Gasteiger partial charge in [-0.2, -0.15) is 0 Å². The van der Waals surface area contributed by atoms with E-state index < -0.39 is 12.0 Å². The molecule has 0 saturated carbocycles. The van der Waals surface area contributed by atoms with Gasteiger partial charge in [0.05, 0.1) is 5.33 Å². The van der Waals surface area contributed by atoms with Crippen LogP contribution in [0.1, 0.15) is 11.1 Å². The van der Waals surface area contributed by atoms with Gasteiger partial charge in [0, 0.05) is 23.5 Å². The molecule has 0 aliphatic heterocycles. The number of nitrogens with one attached hydrogen (secondary N) is 2. The van der Waals surface area contributed by atoms with Crippen molar-refractivity contribution in [2.24, 2.45) is 0 Å². The fourth-order valence-corrected chi connectivity index (χ4v) is 2.94. The van der Waals surface area contributed by atoms with E-state index in [4.69, 9.17) is 4.74 Å². The molecule has 5 nitrogen and oxygen atoms in total. The van der Waals surface area contributed by atoms with E-state index in [0.29, 0.717) is 6.42 Å². The summed E-state index contributed by atoms with van der Waals surface area (Å²) in [5.41, 5.74) is 2.85. The van der Waals surface area contributed by atoms with Gasteiger partial charge in [0.25, 0.3) is 0 Å². The topological polar surface area (TPSA) is 71.2 Å². The first-order valence-corrected chi connectivity index (χ1v) is 9.40. The summed E-state index contributed by atoms with van der Waals surface area (Å²) < 4.78 is 5.42. The summed E-state index contributed by atoms with van der Waals surface area (Å²) in [6.45, 7) is 0.175. The van der Waals surface area contributed by atoms with Crippen molar-refractivity contribution in [2.45, 2.75) is 19.1 Å². The number of ether oxygens (including phenoxy) is 1. The van der Waals surface area contributed by atoms with Gasteiger partial charge in [-0.3, -0.25) is 4.79 Å². The first kappa shape index (κ1) is 18.2. The number of hydrogen-bond acceptors (Lipinski definition) is 3. The lowest BCUT2D eigenvalue weighted by atomic mass is 10.0. The third-order valence-electron chi connectivity index (χ3n) is 4.06. The lowest BCUT2D eigenvalue weighted by molar-refractivity contribution is -0.148. The number of carbonyl (C=O) groups is 2. The molecule has 1 heterocycles. The minimum absolute atomic E-state index is 0.128. The van der Waals surface area contributed by atoms with Crippen LogP contribution in [0.2, 0.25) is 0 Å². The number of benzene rings is 2. The second-order valence-corrected chi connectivity index (χ2v) is 6.47. The number of para-hydroxylation sites is 1. The fourth-order valence-electron chi connectivity index (χ4n) is 2.78. The minimum Gasteiger partial charge on any atom is -0.459 e. The number of hydrogen-bond donors (Lipinski definition) is 2. The molecule has 0 spiro atoms. The summed E-state index contributed by atoms with van der Waals surface area (Å²) >= 11 is 3.12. The molecule has 0 radical (unpaired) electrons. The Labute approximate surface area is 159 Å². The zero-order valence-electron chi connectivity index (χ0n) is 14.1. The molecule has 0 fully saturated rings. The minimum atomic E-state index is -0.747. The van der Waals surface area contributed by atoms with Crippen LogP contribution in [0, 0.1) is 0 Å². The third-order valence-corrected chi connectivity index (χ3v) is 4.57. The van der Waals surface area contributed by atoms with Crippen molar-refractivity contribution < 1.29 is 14.3 Å². The van der Waals surface area contributed by atoms with Gasteiger partial charge in [-0.1, -0.05) is 64.5 Å². The summed E-state index contributed by atoms with van der Waals surface area (Å²) in [4.78, 5) is 27.6. The average Bonchev–Trinajstić information content (AvgIpc) is 3.09. The number of H-pyrrole nitrogens is 1. The van der Waals surface area contributed by atoms with Crippen LogP contribution in [0.15, 0.2) is 60.8 Å². The van der Waals surface area contributed by atoms with Crippen molar-refractivity contribution in [1.82, 2.24) is 10.3 Å². The molecule has 0 unspecified atom stereocenters. The average molecular weight is 415 g/mol. The lowest BCUT2D eigenvalue weighted by Gasteiger charge is -2.17. The third kappa shape index (κ3) is 4.52. The van der Waals surface area contributed by atoms with E-state index in [1.54, 1.807) is 0 Å². The Morgan fingerprint density at radius 3 is 2.58 bits per heavy atom. The molecule has 0 bridgehead atoms. The van der Waals surface area contributed by atoms with Gasteiger partial charge < -0.3 is 15.0 Å². The first-order valence-electron chi connectivity index (χ1n) is 8.28. The van der Waals surface area contributed by atoms with Crippen LogP contribution in [-0.2, 0) is 27.4 Å². The van der Waals surface area contributed by atoms with Crippen LogP contribution in [0.5, 0.6) is 0 Å². The highest BCUT2D eigenvalue weighted by Gasteiger charge is 2.23. The zero-order chi connectivity index (χ0) is 18.4. The summed E-state index contributed by atoms with van der Waals surface area (Å²) in [5, 5.41) is 3.89. The number of esters is 1. The molecule has 6 heteroatoms. The number of aromatic nitrogens is 1. The number of aromatic amines is 1. The van der Waals surface area contributed by atoms with Crippen molar-refractivity contribution >= 4 is 38.7 Å². The molecule has 1 atom stereocenters. The molecular formula is C20H19BrN2O3. The number of carbonyl (C=O) groups excluding carboxylic acids is 2. The maximum atomic E-state index is 12.6. The van der Waals surface area contributed by atoms with Gasteiger partial charge in [-0.15, -0.1) is 0 Å². The van der Waals surface area contributed by atoms with Crippen molar-refractivity contribution in [3.8, 4) is 0 Å². The van der Waals surface area contributed by atoms with Crippen molar-refractivity contribution in [1.29, 1.82) is 0 Å². The fraction of sp³-hybridized carbons (Fsp3) is 0.200. The van der Waals surface area contributed by atoms with E-state index in [9.17, 15) is 9.59 Å². The number of amides is 1. The zero-order valence-corrected chi connectivity index (χ0v) is 15.7. The van der Waals surface area contributed by atoms with Crippen molar-refractivity contribution in [2.75, 3.05) is 5.33 Å². The largest absolute Gasteiger partial charge is 0.459 e. The predicted molar refractivity (Wildman–Crippen MR) is 104 cm³/mol. The molecule has 0 aliphatic rings. The molecule has 0 aliphatic carbocycles. The summed E-state index contributed by atoms with van der Waals surface area (Å²) in [6.07, 6.45) is 2.22. The van der Waals surface area contributed by atoms with E-state index in [0.717, 1.165) is 22.0 Å². The van der Waals surface area contributed by atoms with Gasteiger partial charge >= 0.3 is 5.97 Å². The molecule has 26 heavy (non-hydrogen) atoms. The van der Waals surface area contributed by atoms with E-state index in [2.05, 4.69) is 26.2 Å². The second-order valence-electron chi connectivity index (χ2n) is 5.91. The van der Waals surface area contributed by atoms with Gasteiger partial charge in [0.2, 0.25) is 5.91 Å². The number of halogens is 1. The maximum Gasteiger partial charge on any atom is 0.329 e. The number of fused-ring (bicyclic) bond motifs is 1. The Bertz CT molecular complexity index is 892. The molecule has 3 rings (SSSR count). The Kier molecular flexibility index (Phi) is 6.07. The van der Waals surface area contributed by atoms with Crippen molar-refractivity contribution in [3.05, 3.63) is 71.9 Å². The van der Waals surface area contributed by atoms with Gasteiger partial charge in [-0.05, 0) is 17.2 Å². The van der Waals surface area contributed by atoms with E-state index in [-0.39, 0.29) is 17.8 Å². The highest BCUT2D eigenvalue weighted by atomic mass is 79.9. The Hall–Kier alpha value is -2.60. The molecule has 0 saturated heterocycles. The molecular weight excluding hydrogens is 396 g/mol. The molecule has 2 N–H and O–H groups in total. The van der Waals surface area contributed by atoms with Crippen LogP contribution >= 0.6 is 15.9 Å². The molecule has 3 aromatic rings. The van der Waals surface area contributed by atoms with Crippen molar-refractivity contribution in [3.63, 3.8) is 0 Å². The Morgan fingerprint density at radius 1 is 1.08 bits per heavy atom. The molecule has 1 amide bonds. The molecule has 1 aromatic heterocycles. The van der Waals surface area contributed by atoms with E-state index >= 15 is 0 Å². The lowest BCUT2D eigenvalue weighted by Crippen LogP contribution is -2.43. The van der Waals surface area contributed by atoms with Gasteiger partial charge in [0.15, 0.2) is 0 Å². The normalized spacial score (nSPS) is 11.9. The Morgan fingerprint density at radius 2 is 1.81 bits per heavy atom. The van der Waals surface area contributed by atoms with Gasteiger partial charge in [-0.25, -0.2) is 4.79 Å². The predicted octanol–water partition coefficient (Wildman–Crippen LogP) is 3.33. The highest BCUT2D eigenvalue weighted by molar-refractivity contribution is 9.09. The standard InChI is InChI=1S/C20H19BrN2O3/c21-11-19(24)23-18(20(25)26-13-14-6-2-1-3-7-14)10-15-12-22-17-9-5-4-8-16(15)17/h1-9,12,18,22H,10-11,13H2,(H,23,24)/t18-/m0/s1. The summed E-state index contributed by atoms with van der Waals surface area (Å²) in [5.74, 6) is -0.708. The first-order chi connectivity index (χ1) is 12.7. The van der Waals surface area contributed by atoms with Crippen LogP contribution in [0.25, 0.3) is 10.9 Å². The number of alkyl halides is 1. The Balaban J connectivity index is 1.73. The molecule has 2 aromatic carbocycles. The summed E-state index contributed by atoms with van der Waals surface area (Å²) in [6, 6.07) is 16.6. The smallest absolute Gasteiger partial charge is 0.329 e. The van der Waals surface area contributed by atoms with E-state index in [1.165, 1.54) is 0 Å². The van der Waals surface area contributed by atoms with Crippen LogP contribution in [-0.4, -0.2) is 28.2 Å². The quantitative estimate of drug-likeness (QED) is 0.460. The second kappa shape index (κ2) is 8.67. The number of rotatable bonds is 7. The van der Waals surface area contributed by atoms with Crippen LogP contribution in [0.4, 0.5) is 0 Å². The van der Waals surface area contributed by atoms with E-state index in [1.807, 2.05) is 60.8 Å². The summed E-state index contributed by atoms with van der Waals surface area (Å²) in [7, 11) is 0. The maximum absolute atomic E-state index is 12.6. The van der Waals surface area contributed by atoms with Crippen LogP contribution < -0.4 is 5.32 Å². The van der Waals surface area contributed by atoms with Crippen LogP contribution in [0.3, 0.4) is 0 Å².